The number of hydrogen-bond donors (Lipinski definition) is 2. The molecule has 1 aromatic carbocycles. The number of rotatable bonds is 7. The van der Waals surface area contributed by atoms with Crippen molar-refractivity contribution in [1.82, 2.24) is 5.32 Å². The van der Waals surface area contributed by atoms with E-state index in [4.69, 9.17) is 5.11 Å². The molecule has 5 heteroatoms. The molecule has 0 radical (unpaired) electrons. The number of hydrogen-bond acceptors (Lipinski definition) is 3. The van der Waals surface area contributed by atoms with Crippen LogP contribution in [0.5, 0.6) is 0 Å². The van der Waals surface area contributed by atoms with E-state index in [0.717, 1.165) is 28.0 Å². The largest absolute Gasteiger partial charge is 0.396 e. The van der Waals surface area contributed by atoms with Gasteiger partial charge in [0, 0.05) is 23.4 Å². The van der Waals surface area contributed by atoms with Gasteiger partial charge in [0.2, 0.25) is 0 Å². The van der Waals surface area contributed by atoms with Gasteiger partial charge in [0.05, 0.1) is 5.56 Å². The first kappa shape index (κ1) is 15.5. The molecule has 0 bridgehead atoms. The molecule has 0 atom stereocenters. The van der Waals surface area contributed by atoms with Crippen molar-refractivity contribution >= 4 is 33.6 Å². The highest BCUT2D eigenvalue weighted by Crippen LogP contribution is 2.17. The Bertz CT molecular complexity index is 399. The predicted molar refractivity (Wildman–Crippen MR) is 80.2 cm³/mol. The molecule has 0 saturated carbocycles. The number of halogens is 1. The van der Waals surface area contributed by atoms with Crippen molar-refractivity contribution in [3.8, 4) is 0 Å². The predicted octanol–water partition coefficient (Wildman–Crippen LogP) is 2.60. The van der Waals surface area contributed by atoms with Crippen molar-refractivity contribution in [2.24, 2.45) is 0 Å². The maximum Gasteiger partial charge on any atom is 0.252 e. The van der Waals surface area contributed by atoms with E-state index in [2.05, 4.69) is 21.2 Å². The quantitative estimate of drug-likeness (QED) is 0.755. The molecule has 2 N–H and O–H groups in total. The van der Waals surface area contributed by atoms with Crippen molar-refractivity contribution in [2.45, 2.75) is 13.3 Å². The van der Waals surface area contributed by atoms with Gasteiger partial charge in [-0.2, -0.15) is 11.8 Å². The van der Waals surface area contributed by atoms with Crippen LogP contribution in [0.2, 0.25) is 0 Å². The summed E-state index contributed by atoms with van der Waals surface area (Å²) in [7, 11) is 0. The maximum absolute atomic E-state index is 11.9. The molecule has 0 aromatic heterocycles. The van der Waals surface area contributed by atoms with Crippen LogP contribution in [0.25, 0.3) is 0 Å². The van der Waals surface area contributed by atoms with Crippen LogP contribution in [0.3, 0.4) is 0 Å². The summed E-state index contributed by atoms with van der Waals surface area (Å²) in [6, 6.07) is 5.73. The van der Waals surface area contributed by atoms with Crippen molar-refractivity contribution in [3.63, 3.8) is 0 Å². The first-order chi connectivity index (χ1) is 8.65. The summed E-state index contributed by atoms with van der Waals surface area (Å²) in [6.07, 6.45) is 0.808. The monoisotopic (exact) mass is 331 g/mol. The van der Waals surface area contributed by atoms with Gasteiger partial charge in [0.25, 0.3) is 5.91 Å². The molecule has 0 saturated heterocycles. The van der Waals surface area contributed by atoms with E-state index >= 15 is 0 Å². The summed E-state index contributed by atoms with van der Waals surface area (Å²) in [5.41, 5.74) is 1.75. The number of aliphatic hydroxyl groups excluding tert-OH is 1. The van der Waals surface area contributed by atoms with Gasteiger partial charge in [-0.1, -0.05) is 11.6 Å². The zero-order valence-electron chi connectivity index (χ0n) is 10.4. The van der Waals surface area contributed by atoms with E-state index in [9.17, 15) is 4.79 Å². The molecule has 18 heavy (non-hydrogen) atoms. The average Bonchev–Trinajstić information content (AvgIpc) is 2.36. The van der Waals surface area contributed by atoms with E-state index in [1.165, 1.54) is 0 Å². The van der Waals surface area contributed by atoms with E-state index in [1.54, 1.807) is 11.8 Å². The maximum atomic E-state index is 11.9. The Morgan fingerprint density at radius 1 is 1.44 bits per heavy atom. The lowest BCUT2D eigenvalue weighted by Crippen LogP contribution is -2.26. The Morgan fingerprint density at radius 2 is 2.22 bits per heavy atom. The van der Waals surface area contributed by atoms with Crippen molar-refractivity contribution in [2.75, 3.05) is 24.7 Å². The summed E-state index contributed by atoms with van der Waals surface area (Å²) < 4.78 is 0.818. The molecule has 0 unspecified atom stereocenters. The molecule has 0 heterocycles. The van der Waals surface area contributed by atoms with Gasteiger partial charge >= 0.3 is 0 Å². The Labute approximate surface area is 120 Å². The third-order valence-corrected chi connectivity index (χ3v) is 4.11. The lowest BCUT2D eigenvalue weighted by atomic mass is 10.1. The second-order valence-electron chi connectivity index (χ2n) is 3.93. The van der Waals surface area contributed by atoms with Crippen molar-refractivity contribution < 1.29 is 9.90 Å². The van der Waals surface area contributed by atoms with E-state index in [0.29, 0.717) is 12.1 Å². The summed E-state index contributed by atoms with van der Waals surface area (Å²) in [5.74, 6) is 1.75. The van der Waals surface area contributed by atoms with Gasteiger partial charge in [-0.3, -0.25) is 4.79 Å². The SMILES string of the molecule is Cc1ccc(Br)c(C(=O)NCCSCCCO)c1. The molecule has 0 aliphatic rings. The molecule has 0 aliphatic heterocycles. The Kier molecular flexibility index (Phi) is 7.39. The number of benzene rings is 1. The lowest BCUT2D eigenvalue weighted by Gasteiger charge is -2.07. The minimum atomic E-state index is -0.0478. The second kappa shape index (κ2) is 8.56. The third-order valence-electron chi connectivity index (χ3n) is 2.35. The van der Waals surface area contributed by atoms with Gasteiger partial charge in [-0.05, 0) is 47.2 Å². The summed E-state index contributed by atoms with van der Waals surface area (Å²) in [4.78, 5) is 11.9. The van der Waals surface area contributed by atoms with Crippen LogP contribution in [-0.2, 0) is 0 Å². The molecule has 1 amide bonds. The van der Waals surface area contributed by atoms with Crippen LogP contribution in [0.4, 0.5) is 0 Å². The Hall–Kier alpha value is -0.520. The van der Waals surface area contributed by atoms with Crippen LogP contribution >= 0.6 is 27.7 Å². The van der Waals surface area contributed by atoms with E-state index < -0.39 is 0 Å². The number of aliphatic hydroxyl groups is 1. The number of amides is 1. The van der Waals surface area contributed by atoms with Crippen LogP contribution < -0.4 is 5.32 Å². The molecule has 1 rings (SSSR count). The van der Waals surface area contributed by atoms with E-state index in [1.807, 2.05) is 25.1 Å². The fourth-order valence-corrected chi connectivity index (χ4v) is 2.62. The zero-order chi connectivity index (χ0) is 13.4. The summed E-state index contributed by atoms with van der Waals surface area (Å²) in [6.45, 7) is 2.85. The molecular formula is C13H18BrNO2S. The van der Waals surface area contributed by atoms with Crippen LogP contribution in [0.15, 0.2) is 22.7 Å². The van der Waals surface area contributed by atoms with Gasteiger partial charge in [-0.25, -0.2) is 0 Å². The summed E-state index contributed by atoms with van der Waals surface area (Å²) in [5, 5.41) is 11.5. The normalized spacial score (nSPS) is 10.4. The highest BCUT2D eigenvalue weighted by Gasteiger charge is 2.09. The number of aryl methyl sites for hydroxylation is 1. The third kappa shape index (κ3) is 5.42. The number of carbonyl (C=O) groups excluding carboxylic acids is 1. The Balaban J connectivity index is 2.34. The smallest absolute Gasteiger partial charge is 0.252 e. The summed E-state index contributed by atoms with van der Waals surface area (Å²) >= 11 is 5.12. The van der Waals surface area contributed by atoms with Crippen LogP contribution in [0, 0.1) is 6.92 Å². The number of carbonyl (C=O) groups is 1. The van der Waals surface area contributed by atoms with Crippen LogP contribution in [-0.4, -0.2) is 35.7 Å². The molecule has 1 aromatic rings. The highest BCUT2D eigenvalue weighted by atomic mass is 79.9. The fraction of sp³-hybridized carbons (Fsp3) is 0.462. The first-order valence-corrected chi connectivity index (χ1v) is 7.83. The molecular weight excluding hydrogens is 314 g/mol. The standard InChI is InChI=1S/C13H18BrNO2S/c1-10-3-4-12(14)11(9-10)13(17)15-5-8-18-7-2-6-16/h3-4,9,16H,2,5-8H2,1H3,(H,15,17). The molecule has 0 spiro atoms. The number of nitrogens with one attached hydrogen (secondary N) is 1. The molecule has 3 nitrogen and oxygen atoms in total. The van der Waals surface area contributed by atoms with E-state index in [-0.39, 0.29) is 12.5 Å². The van der Waals surface area contributed by atoms with Crippen molar-refractivity contribution in [1.29, 1.82) is 0 Å². The molecule has 0 fully saturated rings. The van der Waals surface area contributed by atoms with Gasteiger partial charge in [-0.15, -0.1) is 0 Å². The molecule has 100 valence electrons. The first-order valence-electron chi connectivity index (χ1n) is 5.88. The lowest BCUT2D eigenvalue weighted by molar-refractivity contribution is 0.0955. The Morgan fingerprint density at radius 3 is 2.94 bits per heavy atom. The van der Waals surface area contributed by atoms with Crippen molar-refractivity contribution in [3.05, 3.63) is 33.8 Å². The topological polar surface area (TPSA) is 49.3 Å². The average molecular weight is 332 g/mol. The minimum absolute atomic E-state index is 0.0478. The second-order valence-corrected chi connectivity index (χ2v) is 6.01. The number of thioether (sulfide) groups is 1. The van der Waals surface area contributed by atoms with Gasteiger partial charge in [0.1, 0.15) is 0 Å². The highest BCUT2D eigenvalue weighted by molar-refractivity contribution is 9.10. The van der Waals surface area contributed by atoms with Crippen LogP contribution in [0.1, 0.15) is 22.3 Å². The van der Waals surface area contributed by atoms with Gasteiger partial charge < -0.3 is 10.4 Å². The van der Waals surface area contributed by atoms with Gasteiger partial charge in [0.15, 0.2) is 0 Å². The minimum Gasteiger partial charge on any atom is -0.396 e. The fourth-order valence-electron chi connectivity index (χ4n) is 1.41. The molecule has 0 aliphatic carbocycles. The zero-order valence-corrected chi connectivity index (χ0v) is 12.8.